The van der Waals surface area contributed by atoms with Gasteiger partial charge in [-0.05, 0) is 45.4 Å². The summed E-state index contributed by atoms with van der Waals surface area (Å²) in [7, 11) is 0. The Labute approximate surface area is 221 Å². The lowest BCUT2D eigenvalue weighted by molar-refractivity contribution is -0.122. The van der Waals surface area contributed by atoms with E-state index in [9.17, 15) is 4.79 Å². The van der Waals surface area contributed by atoms with Crippen molar-refractivity contribution >= 4 is 18.3 Å². The van der Waals surface area contributed by atoms with Gasteiger partial charge in [0.05, 0.1) is 0 Å². The minimum Gasteiger partial charge on any atom is -0.353 e. The van der Waals surface area contributed by atoms with Gasteiger partial charge in [-0.3, -0.25) is 4.79 Å². The Kier molecular flexibility index (Phi) is 25.8. The van der Waals surface area contributed by atoms with E-state index in [4.69, 9.17) is 5.73 Å². The van der Waals surface area contributed by atoms with Crippen LogP contribution < -0.4 is 11.1 Å². The predicted octanol–water partition coefficient (Wildman–Crippen LogP) is 9.50. The summed E-state index contributed by atoms with van der Waals surface area (Å²) in [5, 5.41) is 3.39. The first-order chi connectivity index (χ1) is 15.8. The van der Waals surface area contributed by atoms with Gasteiger partial charge in [0.1, 0.15) is 0 Å². The molecule has 2 unspecified atom stereocenters. The first-order valence-electron chi connectivity index (χ1n) is 14.9. The van der Waals surface area contributed by atoms with Crippen LogP contribution in [-0.4, -0.2) is 17.5 Å². The van der Waals surface area contributed by atoms with Gasteiger partial charge in [-0.15, -0.1) is 12.4 Å². The largest absolute Gasteiger partial charge is 0.353 e. The van der Waals surface area contributed by atoms with Gasteiger partial charge in [0, 0.05) is 18.0 Å². The van der Waals surface area contributed by atoms with Crippen molar-refractivity contribution in [3.05, 3.63) is 0 Å². The zero-order valence-electron chi connectivity index (χ0n) is 23.9. The highest BCUT2D eigenvalue weighted by Crippen LogP contribution is 2.26. The molecule has 4 heteroatoms. The molecule has 0 saturated carbocycles. The maximum atomic E-state index is 12.6. The topological polar surface area (TPSA) is 55.1 Å². The summed E-state index contributed by atoms with van der Waals surface area (Å²) < 4.78 is 0. The molecule has 0 aliphatic heterocycles. The molecular formula is C30H63ClN2O. The van der Waals surface area contributed by atoms with Gasteiger partial charge in [0.2, 0.25) is 5.91 Å². The Bertz CT molecular complexity index is 436. The van der Waals surface area contributed by atoms with Gasteiger partial charge in [-0.25, -0.2) is 0 Å². The van der Waals surface area contributed by atoms with E-state index < -0.39 is 0 Å². The normalized spacial score (nSPS) is 13.4. The van der Waals surface area contributed by atoms with E-state index in [1.54, 1.807) is 0 Å². The highest BCUT2D eigenvalue weighted by Gasteiger charge is 2.26. The molecule has 206 valence electrons. The van der Waals surface area contributed by atoms with E-state index in [2.05, 4.69) is 39.9 Å². The van der Waals surface area contributed by atoms with Crippen molar-refractivity contribution in [1.29, 1.82) is 0 Å². The smallest absolute Gasteiger partial charge is 0.220 e. The Hall–Kier alpha value is -0.280. The van der Waals surface area contributed by atoms with Crippen LogP contribution in [0.1, 0.15) is 169 Å². The Morgan fingerprint density at radius 3 is 1.53 bits per heavy atom. The van der Waals surface area contributed by atoms with Crippen molar-refractivity contribution in [2.75, 3.05) is 0 Å². The van der Waals surface area contributed by atoms with Crippen LogP contribution in [0.15, 0.2) is 0 Å². The zero-order valence-corrected chi connectivity index (χ0v) is 24.7. The third-order valence-corrected chi connectivity index (χ3v) is 7.08. The standard InChI is InChI=1S/C30H62N2O.ClH/c1-6-9-11-13-15-17-18-20-22-24-27(26-30(4,5)31)28(8-3)32-29(33)25-23-21-19-16-14-12-10-7-2;/h27-28H,6-26,31H2,1-5H3,(H,32,33);1H. The summed E-state index contributed by atoms with van der Waals surface area (Å²) in [6.45, 7) is 11.0. The fourth-order valence-electron chi connectivity index (χ4n) is 5.09. The molecule has 0 fully saturated rings. The third kappa shape index (κ3) is 23.5. The number of nitrogens with two attached hydrogens (primary N) is 1. The molecule has 0 rings (SSSR count). The number of carbonyl (C=O) groups is 1. The molecular weight excluding hydrogens is 440 g/mol. The summed E-state index contributed by atoms with van der Waals surface area (Å²) in [5.41, 5.74) is 6.23. The number of hydrogen-bond donors (Lipinski definition) is 2. The van der Waals surface area contributed by atoms with Crippen molar-refractivity contribution in [1.82, 2.24) is 5.32 Å². The molecule has 0 aromatic heterocycles. The van der Waals surface area contributed by atoms with E-state index in [0.717, 1.165) is 19.3 Å². The summed E-state index contributed by atoms with van der Waals surface area (Å²) in [6, 6.07) is 0.267. The number of amides is 1. The zero-order chi connectivity index (χ0) is 24.8. The van der Waals surface area contributed by atoms with Crippen LogP contribution in [0.2, 0.25) is 0 Å². The van der Waals surface area contributed by atoms with Crippen LogP contribution in [0, 0.1) is 5.92 Å². The summed E-state index contributed by atoms with van der Waals surface area (Å²) in [5.74, 6) is 0.738. The summed E-state index contributed by atoms with van der Waals surface area (Å²) in [4.78, 5) is 12.6. The Balaban J connectivity index is 0. The van der Waals surface area contributed by atoms with Crippen molar-refractivity contribution in [2.24, 2.45) is 11.7 Å². The monoisotopic (exact) mass is 502 g/mol. The Morgan fingerprint density at radius 1 is 0.706 bits per heavy atom. The summed E-state index contributed by atoms with van der Waals surface area (Å²) >= 11 is 0. The molecule has 3 nitrogen and oxygen atoms in total. The van der Waals surface area contributed by atoms with Gasteiger partial charge in [0.25, 0.3) is 0 Å². The number of halogens is 1. The number of unbranched alkanes of at least 4 members (excludes halogenated alkanes) is 15. The fourth-order valence-corrected chi connectivity index (χ4v) is 5.09. The second-order valence-corrected chi connectivity index (χ2v) is 11.4. The molecule has 0 heterocycles. The van der Waals surface area contributed by atoms with Crippen LogP contribution >= 0.6 is 12.4 Å². The molecule has 0 aliphatic rings. The molecule has 0 bridgehead atoms. The van der Waals surface area contributed by atoms with Gasteiger partial charge in [-0.2, -0.15) is 0 Å². The molecule has 3 N–H and O–H groups in total. The maximum absolute atomic E-state index is 12.6. The molecule has 1 amide bonds. The number of carbonyl (C=O) groups excluding carboxylic acids is 1. The van der Waals surface area contributed by atoms with Gasteiger partial charge < -0.3 is 11.1 Å². The quantitative estimate of drug-likeness (QED) is 0.129. The average molecular weight is 503 g/mol. The van der Waals surface area contributed by atoms with Crippen molar-refractivity contribution in [3.63, 3.8) is 0 Å². The van der Waals surface area contributed by atoms with E-state index >= 15 is 0 Å². The van der Waals surface area contributed by atoms with Crippen molar-refractivity contribution < 1.29 is 4.79 Å². The number of rotatable bonds is 24. The molecule has 0 spiro atoms. The number of nitrogens with one attached hydrogen (secondary N) is 1. The third-order valence-electron chi connectivity index (χ3n) is 7.08. The molecule has 2 atom stereocenters. The number of hydrogen-bond acceptors (Lipinski definition) is 2. The lowest BCUT2D eigenvalue weighted by atomic mass is 9.82. The van der Waals surface area contributed by atoms with Crippen LogP contribution in [0.5, 0.6) is 0 Å². The highest BCUT2D eigenvalue weighted by molar-refractivity contribution is 5.85. The van der Waals surface area contributed by atoms with E-state index in [0.29, 0.717) is 12.3 Å². The minimum absolute atomic E-state index is 0. The highest BCUT2D eigenvalue weighted by atomic mass is 35.5. The van der Waals surface area contributed by atoms with E-state index in [1.165, 1.54) is 109 Å². The van der Waals surface area contributed by atoms with Gasteiger partial charge >= 0.3 is 0 Å². The fraction of sp³-hybridized carbons (Fsp3) is 0.967. The second-order valence-electron chi connectivity index (χ2n) is 11.4. The molecule has 0 aromatic rings. The first-order valence-corrected chi connectivity index (χ1v) is 14.9. The van der Waals surface area contributed by atoms with E-state index in [1.807, 2.05) is 0 Å². The van der Waals surface area contributed by atoms with Crippen LogP contribution in [-0.2, 0) is 4.79 Å². The van der Waals surface area contributed by atoms with Crippen molar-refractivity contribution in [3.8, 4) is 0 Å². The average Bonchev–Trinajstić information content (AvgIpc) is 2.76. The molecule has 0 saturated heterocycles. The molecule has 0 radical (unpaired) electrons. The molecule has 0 aliphatic carbocycles. The Morgan fingerprint density at radius 2 is 1.12 bits per heavy atom. The molecule has 0 aromatic carbocycles. The predicted molar refractivity (Wildman–Crippen MR) is 155 cm³/mol. The molecule has 34 heavy (non-hydrogen) atoms. The second kappa shape index (κ2) is 24.4. The lowest BCUT2D eigenvalue weighted by Gasteiger charge is -2.32. The van der Waals surface area contributed by atoms with Gasteiger partial charge in [-0.1, -0.05) is 124 Å². The SMILES string of the molecule is CCCCCCCCCCCC(CC(C)(C)N)C(CC)NC(=O)CCCCCCCCCC.Cl. The van der Waals surface area contributed by atoms with Crippen molar-refractivity contribution in [2.45, 2.75) is 181 Å². The van der Waals surface area contributed by atoms with E-state index in [-0.39, 0.29) is 29.9 Å². The van der Waals surface area contributed by atoms with Gasteiger partial charge in [0.15, 0.2) is 0 Å². The van der Waals surface area contributed by atoms with Crippen LogP contribution in [0.4, 0.5) is 0 Å². The van der Waals surface area contributed by atoms with Crippen LogP contribution in [0.25, 0.3) is 0 Å². The van der Waals surface area contributed by atoms with Crippen LogP contribution in [0.3, 0.4) is 0 Å². The lowest BCUT2D eigenvalue weighted by Crippen LogP contribution is -2.44. The minimum atomic E-state index is -0.181. The maximum Gasteiger partial charge on any atom is 0.220 e. The first kappa shape index (κ1) is 35.9. The summed E-state index contributed by atoms with van der Waals surface area (Å²) in [6.07, 6.45) is 26.3.